The topological polar surface area (TPSA) is 33.1 Å². The molecular formula is C17H26N4. The van der Waals surface area contributed by atoms with Crippen molar-refractivity contribution in [1.82, 2.24) is 9.78 Å². The second kappa shape index (κ2) is 7.16. The molecule has 4 heteroatoms. The maximum atomic E-state index is 4.45. The highest BCUT2D eigenvalue weighted by Gasteiger charge is 2.05. The molecule has 0 bridgehead atoms. The van der Waals surface area contributed by atoms with E-state index in [2.05, 4.69) is 60.4 Å². The van der Waals surface area contributed by atoms with E-state index in [9.17, 15) is 0 Å². The van der Waals surface area contributed by atoms with Crippen molar-refractivity contribution in [3.8, 4) is 0 Å². The molecule has 0 fully saturated rings. The zero-order valence-corrected chi connectivity index (χ0v) is 13.6. The Balaban J connectivity index is 2.00. The molecule has 0 spiro atoms. The zero-order chi connectivity index (χ0) is 15.2. The number of hydrogen-bond acceptors (Lipinski definition) is 3. The summed E-state index contributed by atoms with van der Waals surface area (Å²) in [7, 11) is 1.96. The predicted molar refractivity (Wildman–Crippen MR) is 89.9 cm³/mol. The lowest BCUT2D eigenvalue weighted by atomic mass is 10.2. The highest BCUT2D eigenvalue weighted by Crippen LogP contribution is 2.18. The maximum absolute atomic E-state index is 4.45. The summed E-state index contributed by atoms with van der Waals surface area (Å²) < 4.78 is 1.87. The maximum Gasteiger partial charge on any atom is 0.0853 e. The van der Waals surface area contributed by atoms with Gasteiger partial charge in [0.2, 0.25) is 0 Å². The van der Waals surface area contributed by atoms with Crippen LogP contribution in [0.15, 0.2) is 30.5 Å². The van der Waals surface area contributed by atoms with Crippen molar-refractivity contribution < 1.29 is 0 Å². The Hall–Kier alpha value is -1.97. The number of nitrogens with zero attached hydrogens (tertiary/aromatic N) is 3. The molecule has 21 heavy (non-hydrogen) atoms. The fourth-order valence-electron chi connectivity index (χ4n) is 2.55. The number of aromatic nitrogens is 2. The van der Waals surface area contributed by atoms with Crippen LogP contribution in [0.2, 0.25) is 0 Å². The van der Waals surface area contributed by atoms with Gasteiger partial charge in [0.15, 0.2) is 0 Å². The van der Waals surface area contributed by atoms with Gasteiger partial charge in [-0.1, -0.05) is 19.1 Å². The highest BCUT2D eigenvalue weighted by atomic mass is 15.3. The Morgan fingerprint density at radius 3 is 2.33 bits per heavy atom. The lowest BCUT2D eigenvalue weighted by molar-refractivity contribution is 0.746. The Morgan fingerprint density at radius 2 is 1.76 bits per heavy atom. The van der Waals surface area contributed by atoms with Gasteiger partial charge in [0.1, 0.15) is 0 Å². The van der Waals surface area contributed by atoms with Gasteiger partial charge in [0.05, 0.1) is 11.4 Å². The van der Waals surface area contributed by atoms with Crippen LogP contribution >= 0.6 is 0 Å². The van der Waals surface area contributed by atoms with Crippen LogP contribution in [0.5, 0.6) is 0 Å². The molecule has 2 rings (SSSR count). The molecule has 0 saturated carbocycles. The quantitative estimate of drug-likeness (QED) is 0.846. The Morgan fingerprint density at radius 1 is 1.10 bits per heavy atom. The third-order valence-electron chi connectivity index (χ3n) is 3.79. The largest absolute Gasteiger partial charge is 0.378 e. The highest BCUT2D eigenvalue weighted by molar-refractivity contribution is 5.49. The molecule has 0 aliphatic carbocycles. The van der Waals surface area contributed by atoms with Crippen molar-refractivity contribution in [2.45, 2.75) is 33.7 Å². The minimum Gasteiger partial charge on any atom is -0.378 e. The Bertz CT molecular complexity index is 553. The normalized spacial score (nSPS) is 10.7. The zero-order valence-electron chi connectivity index (χ0n) is 13.6. The second-order valence-electron chi connectivity index (χ2n) is 5.21. The average Bonchev–Trinajstić information content (AvgIpc) is 2.88. The van der Waals surface area contributed by atoms with E-state index in [1.54, 1.807) is 0 Å². The van der Waals surface area contributed by atoms with Crippen LogP contribution < -0.4 is 10.2 Å². The van der Waals surface area contributed by atoms with Crippen molar-refractivity contribution in [2.24, 2.45) is 7.05 Å². The minimum absolute atomic E-state index is 0.831. The van der Waals surface area contributed by atoms with E-state index in [-0.39, 0.29) is 0 Å². The first-order valence-electron chi connectivity index (χ1n) is 7.78. The van der Waals surface area contributed by atoms with E-state index < -0.39 is 0 Å². The number of hydrogen-bond donors (Lipinski definition) is 1. The molecule has 2 aromatic rings. The van der Waals surface area contributed by atoms with E-state index in [1.165, 1.54) is 11.3 Å². The third kappa shape index (κ3) is 3.78. The summed E-state index contributed by atoms with van der Waals surface area (Å²) >= 11 is 0. The van der Waals surface area contributed by atoms with Gasteiger partial charge in [-0.05, 0) is 38.0 Å². The molecule has 1 aromatic carbocycles. The van der Waals surface area contributed by atoms with Crippen LogP contribution in [-0.2, 0) is 20.0 Å². The fourth-order valence-corrected chi connectivity index (χ4v) is 2.55. The van der Waals surface area contributed by atoms with Crippen molar-refractivity contribution in [3.05, 3.63) is 41.7 Å². The Kier molecular flexibility index (Phi) is 5.26. The molecule has 1 heterocycles. The van der Waals surface area contributed by atoms with Gasteiger partial charge in [-0.2, -0.15) is 5.10 Å². The van der Waals surface area contributed by atoms with Crippen molar-refractivity contribution in [3.63, 3.8) is 0 Å². The van der Waals surface area contributed by atoms with E-state index in [1.807, 2.05) is 17.9 Å². The number of rotatable bonds is 7. The fraction of sp³-hybridized carbons (Fsp3) is 0.471. The van der Waals surface area contributed by atoms with Crippen molar-refractivity contribution >= 4 is 11.4 Å². The molecule has 0 aliphatic heterocycles. The van der Waals surface area contributed by atoms with Crippen LogP contribution in [0.1, 0.15) is 32.0 Å². The van der Waals surface area contributed by atoms with Crippen LogP contribution in [0.3, 0.4) is 0 Å². The summed E-state index contributed by atoms with van der Waals surface area (Å²) in [6, 6.07) is 8.80. The monoisotopic (exact) mass is 286 g/mol. The summed E-state index contributed by atoms with van der Waals surface area (Å²) in [4.78, 5) is 2.35. The molecule has 0 atom stereocenters. The summed E-state index contributed by atoms with van der Waals surface area (Å²) in [5.41, 5.74) is 4.83. The Labute approximate surface area is 127 Å². The van der Waals surface area contributed by atoms with Gasteiger partial charge in [-0.15, -0.1) is 0 Å². The molecule has 114 valence electrons. The predicted octanol–water partition coefficient (Wildman–Crippen LogP) is 3.44. The van der Waals surface area contributed by atoms with Gasteiger partial charge in [-0.25, -0.2) is 0 Å². The van der Waals surface area contributed by atoms with Gasteiger partial charge in [0, 0.05) is 38.6 Å². The standard InChI is InChI=1S/C17H26N4/c1-5-16-17(13-20(4)19-16)18-12-14-8-10-15(11-9-14)21(6-2)7-3/h8-11,13,18H,5-7,12H2,1-4H3. The summed E-state index contributed by atoms with van der Waals surface area (Å²) in [6.07, 6.45) is 2.99. The van der Waals surface area contributed by atoms with Gasteiger partial charge >= 0.3 is 0 Å². The van der Waals surface area contributed by atoms with Gasteiger partial charge in [0.25, 0.3) is 0 Å². The van der Waals surface area contributed by atoms with Crippen molar-refractivity contribution in [1.29, 1.82) is 0 Å². The van der Waals surface area contributed by atoms with Crippen LogP contribution in [0.4, 0.5) is 11.4 Å². The second-order valence-corrected chi connectivity index (χ2v) is 5.21. The third-order valence-corrected chi connectivity index (χ3v) is 3.79. The van der Waals surface area contributed by atoms with E-state index >= 15 is 0 Å². The summed E-state index contributed by atoms with van der Waals surface area (Å²) in [6.45, 7) is 9.43. The first-order valence-corrected chi connectivity index (χ1v) is 7.78. The molecule has 0 aliphatic rings. The number of anilines is 2. The van der Waals surface area contributed by atoms with Crippen molar-refractivity contribution in [2.75, 3.05) is 23.3 Å². The van der Waals surface area contributed by atoms with E-state index in [0.717, 1.165) is 37.4 Å². The van der Waals surface area contributed by atoms with Gasteiger partial charge in [-0.3, -0.25) is 4.68 Å². The SMILES string of the molecule is CCc1nn(C)cc1NCc1ccc(N(CC)CC)cc1. The van der Waals surface area contributed by atoms with Crippen LogP contribution in [0.25, 0.3) is 0 Å². The first-order chi connectivity index (χ1) is 10.2. The molecule has 0 radical (unpaired) electrons. The van der Waals surface area contributed by atoms with Gasteiger partial charge < -0.3 is 10.2 Å². The van der Waals surface area contributed by atoms with E-state index in [4.69, 9.17) is 0 Å². The smallest absolute Gasteiger partial charge is 0.0853 e. The lowest BCUT2D eigenvalue weighted by Crippen LogP contribution is -2.21. The molecule has 1 N–H and O–H groups in total. The number of benzene rings is 1. The van der Waals surface area contributed by atoms with E-state index in [0.29, 0.717) is 0 Å². The number of nitrogens with one attached hydrogen (secondary N) is 1. The molecule has 0 unspecified atom stereocenters. The molecule has 4 nitrogen and oxygen atoms in total. The average molecular weight is 286 g/mol. The lowest BCUT2D eigenvalue weighted by Gasteiger charge is -2.21. The van der Waals surface area contributed by atoms with Crippen LogP contribution in [-0.4, -0.2) is 22.9 Å². The number of aryl methyl sites for hydroxylation is 2. The molecule has 1 aromatic heterocycles. The minimum atomic E-state index is 0.831. The molecule has 0 amide bonds. The summed E-state index contributed by atoms with van der Waals surface area (Å²) in [5, 5.41) is 7.93. The molecule has 0 saturated heterocycles. The first kappa shape index (κ1) is 15.4. The molecular weight excluding hydrogens is 260 g/mol. The summed E-state index contributed by atoms with van der Waals surface area (Å²) in [5.74, 6) is 0. The van der Waals surface area contributed by atoms with Crippen LogP contribution in [0, 0.1) is 0 Å².